The van der Waals surface area contributed by atoms with Crippen LogP contribution in [0.5, 0.6) is 0 Å². The molecule has 0 bridgehead atoms. The molecule has 2 aromatic rings. The molecule has 0 amide bonds. The average molecular weight is 273 g/mol. The van der Waals surface area contributed by atoms with Crippen LogP contribution in [0.3, 0.4) is 0 Å². The zero-order valence-corrected chi connectivity index (χ0v) is 11.9. The minimum atomic E-state index is -0.0812. The number of hydrogen-bond acceptors (Lipinski definition) is 2. The fraction of sp³-hybridized carbons (Fsp3) is 0.250. The number of alkyl halides is 1. The summed E-state index contributed by atoms with van der Waals surface area (Å²) < 4.78 is 0. The lowest BCUT2D eigenvalue weighted by atomic mass is 10.0. The third-order valence-electron chi connectivity index (χ3n) is 3.83. The Kier molecular flexibility index (Phi) is 3.11. The van der Waals surface area contributed by atoms with Crippen LogP contribution in [0.4, 0.5) is 11.4 Å². The molecule has 0 aliphatic carbocycles. The first-order chi connectivity index (χ1) is 9.20. The Morgan fingerprint density at radius 2 is 1.32 bits per heavy atom. The molecule has 0 N–H and O–H groups in total. The highest BCUT2D eigenvalue weighted by Crippen LogP contribution is 2.43. The van der Waals surface area contributed by atoms with Crippen LogP contribution in [0.25, 0.3) is 0 Å². The number of nitrogens with zero attached hydrogens (tertiary/aromatic N) is 2. The van der Waals surface area contributed by atoms with Gasteiger partial charge in [0.1, 0.15) is 5.50 Å². The first-order valence-electron chi connectivity index (χ1n) is 6.44. The summed E-state index contributed by atoms with van der Waals surface area (Å²) in [7, 11) is 4.16. The van der Waals surface area contributed by atoms with Gasteiger partial charge in [0.15, 0.2) is 0 Å². The molecule has 2 nitrogen and oxygen atoms in total. The topological polar surface area (TPSA) is 6.48 Å². The van der Waals surface area contributed by atoms with E-state index >= 15 is 0 Å². The molecular formula is C16H17ClN2. The van der Waals surface area contributed by atoms with Crippen molar-refractivity contribution in [2.75, 3.05) is 23.9 Å². The van der Waals surface area contributed by atoms with E-state index in [0.29, 0.717) is 0 Å². The van der Waals surface area contributed by atoms with Gasteiger partial charge in [0.25, 0.3) is 0 Å². The lowest BCUT2D eigenvalue weighted by Gasteiger charge is -2.45. The summed E-state index contributed by atoms with van der Waals surface area (Å²) in [6, 6.07) is 19.0. The van der Waals surface area contributed by atoms with E-state index in [-0.39, 0.29) is 11.5 Å². The van der Waals surface area contributed by atoms with Crippen molar-refractivity contribution >= 4 is 23.0 Å². The van der Waals surface area contributed by atoms with Crippen molar-refractivity contribution in [2.45, 2.75) is 11.5 Å². The van der Waals surface area contributed by atoms with Crippen LogP contribution < -0.4 is 9.80 Å². The van der Waals surface area contributed by atoms with Gasteiger partial charge in [0.2, 0.25) is 0 Å². The van der Waals surface area contributed by atoms with E-state index in [4.69, 9.17) is 11.6 Å². The standard InChI is InChI=1S/C16H17ClN2/c1-18-13-10-6-7-11-14(13)19(2)16(17)15(18)12-8-4-3-5-9-12/h3-11,15-16H,1-2H3. The minimum absolute atomic E-state index is 0.0812. The minimum Gasteiger partial charge on any atom is -0.363 e. The lowest BCUT2D eigenvalue weighted by molar-refractivity contribution is 0.592. The number of fused-ring (bicyclic) bond motifs is 1. The van der Waals surface area contributed by atoms with Crippen molar-refractivity contribution in [1.82, 2.24) is 0 Å². The fourth-order valence-corrected chi connectivity index (χ4v) is 3.19. The Morgan fingerprint density at radius 1 is 0.789 bits per heavy atom. The maximum atomic E-state index is 6.67. The molecule has 2 aromatic carbocycles. The zero-order valence-electron chi connectivity index (χ0n) is 11.1. The number of likely N-dealkylation sites (N-methyl/N-ethyl adjacent to an activating group) is 2. The second-order valence-electron chi connectivity index (χ2n) is 4.94. The van der Waals surface area contributed by atoms with Crippen molar-refractivity contribution < 1.29 is 0 Å². The predicted octanol–water partition coefficient (Wildman–Crippen LogP) is 3.88. The maximum absolute atomic E-state index is 6.67. The molecule has 98 valence electrons. The quantitative estimate of drug-likeness (QED) is 0.574. The Morgan fingerprint density at radius 3 is 1.95 bits per heavy atom. The molecule has 0 saturated heterocycles. The molecule has 3 rings (SSSR count). The van der Waals surface area contributed by atoms with E-state index in [1.807, 2.05) is 6.07 Å². The van der Waals surface area contributed by atoms with Crippen molar-refractivity contribution in [3.05, 3.63) is 60.2 Å². The molecule has 0 saturated carbocycles. The molecule has 1 aliphatic heterocycles. The largest absolute Gasteiger partial charge is 0.363 e. The third kappa shape index (κ3) is 1.96. The van der Waals surface area contributed by atoms with Gasteiger partial charge in [-0.05, 0) is 17.7 Å². The number of halogens is 1. The zero-order chi connectivity index (χ0) is 13.4. The van der Waals surface area contributed by atoms with Crippen molar-refractivity contribution in [1.29, 1.82) is 0 Å². The van der Waals surface area contributed by atoms with Gasteiger partial charge in [0.05, 0.1) is 17.4 Å². The van der Waals surface area contributed by atoms with E-state index in [0.717, 1.165) is 0 Å². The molecule has 0 aromatic heterocycles. The highest BCUT2D eigenvalue weighted by molar-refractivity contribution is 6.23. The normalized spacial score (nSPS) is 22.3. The summed E-state index contributed by atoms with van der Waals surface area (Å²) >= 11 is 6.67. The first-order valence-corrected chi connectivity index (χ1v) is 6.87. The van der Waals surface area contributed by atoms with E-state index in [1.54, 1.807) is 0 Å². The van der Waals surface area contributed by atoms with Gasteiger partial charge in [-0.15, -0.1) is 0 Å². The number of rotatable bonds is 1. The second kappa shape index (κ2) is 4.78. The van der Waals surface area contributed by atoms with E-state index in [1.165, 1.54) is 16.9 Å². The van der Waals surface area contributed by atoms with E-state index < -0.39 is 0 Å². The molecule has 0 radical (unpaired) electrons. The Bertz CT molecular complexity index is 570. The van der Waals surface area contributed by atoms with Crippen LogP contribution in [0, 0.1) is 0 Å². The van der Waals surface area contributed by atoms with Crippen LogP contribution >= 0.6 is 11.6 Å². The van der Waals surface area contributed by atoms with Gasteiger partial charge < -0.3 is 9.80 Å². The van der Waals surface area contributed by atoms with Gasteiger partial charge in [0, 0.05) is 14.1 Å². The van der Waals surface area contributed by atoms with E-state index in [2.05, 4.69) is 72.4 Å². The first kappa shape index (κ1) is 12.4. The number of hydrogen-bond donors (Lipinski definition) is 0. The highest BCUT2D eigenvalue weighted by Gasteiger charge is 2.35. The number of benzene rings is 2. The van der Waals surface area contributed by atoms with Gasteiger partial charge >= 0.3 is 0 Å². The van der Waals surface area contributed by atoms with Crippen molar-refractivity contribution in [3.63, 3.8) is 0 Å². The summed E-state index contributed by atoms with van der Waals surface area (Å²) in [5.41, 5.74) is 3.56. The summed E-state index contributed by atoms with van der Waals surface area (Å²) in [6.07, 6.45) is 0. The highest BCUT2D eigenvalue weighted by atomic mass is 35.5. The lowest BCUT2D eigenvalue weighted by Crippen LogP contribution is -2.45. The molecular weight excluding hydrogens is 256 g/mol. The average Bonchev–Trinajstić information content (AvgIpc) is 2.46. The van der Waals surface area contributed by atoms with Crippen LogP contribution in [0.15, 0.2) is 54.6 Å². The number of para-hydroxylation sites is 2. The van der Waals surface area contributed by atoms with Gasteiger partial charge in [-0.3, -0.25) is 0 Å². The molecule has 0 spiro atoms. The molecule has 3 heteroatoms. The molecule has 1 heterocycles. The Balaban J connectivity index is 2.09. The van der Waals surface area contributed by atoms with Crippen LogP contribution in [-0.2, 0) is 0 Å². The molecule has 2 unspecified atom stereocenters. The van der Waals surface area contributed by atoms with Crippen LogP contribution in [-0.4, -0.2) is 19.6 Å². The summed E-state index contributed by atoms with van der Waals surface area (Å²) in [4.78, 5) is 4.41. The van der Waals surface area contributed by atoms with Crippen LogP contribution in [0.2, 0.25) is 0 Å². The Labute approximate surface area is 119 Å². The van der Waals surface area contributed by atoms with Gasteiger partial charge in [-0.1, -0.05) is 54.1 Å². The van der Waals surface area contributed by atoms with Crippen LogP contribution in [0.1, 0.15) is 11.6 Å². The van der Waals surface area contributed by atoms with Gasteiger partial charge in [-0.25, -0.2) is 0 Å². The summed E-state index contributed by atoms with van der Waals surface area (Å²) in [5.74, 6) is 0. The number of anilines is 2. The third-order valence-corrected chi connectivity index (χ3v) is 4.36. The van der Waals surface area contributed by atoms with Gasteiger partial charge in [-0.2, -0.15) is 0 Å². The Hall–Kier alpha value is -1.67. The monoisotopic (exact) mass is 272 g/mol. The molecule has 1 aliphatic rings. The maximum Gasteiger partial charge on any atom is 0.128 e. The fourth-order valence-electron chi connectivity index (χ4n) is 2.77. The second-order valence-corrected chi connectivity index (χ2v) is 5.39. The smallest absolute Gasteiger partial charge is 0.128 e. The predicted molar refractivity (Wildman–Crippen MR) is 82.1 cm³/mol. The van der Waals surface area contributed by atoms with E-state index in [9.17, 15) is 0 Å². The summed E-state index contributed by atoms with van der Waals surface area (Å²) in [6.45, 7) is 0. The molecule has 19 heavy (non-hydrogen) atoms. The molecule has 0 fully saturated rings. The van der Waals surface area contributed by atoms with Crippen molar-refractivity contribution in [3.8, 4) is 0 Å². The van der Waals surface area contributed by atoms with Crippen molar-refractivity contribution in [2.24, 2.45) is 0 Å². The summed E-state index contributed by atoms with van der Waals surface area (Å²) in [5, 5.41) is 0. The molecule has 2 atom stereocenters. The SMILES string of the molecule is CN1c2ccccc2N(C)C(c2ccccc2)C1Cl.